The molecule has 2 rings (SSSR count). The minimum atomic E-state index is -0.284. The van der Waals surface area contributed by atoms with Gasteiger partial charge >= 0.3 is 0 Å². The molecule has 1 fully saturated rings. The zero-order valence-corrected chi connectivity index (χ0v) is 9.74. The molecule has 1 N–H and O–H groups in total. The summed E-state index contributed by atoms with van der Waals surface area (Å²) in [4.78, 5) is 0. The van der Waals surface area contributed by atoms with Crippen molar-refractivity contribution in [3.8, 4) is 6.07 Å². The molecule has 0 heterocycles. The summed E-state index contributed by atoms with van der Waals surface area (Å²) in [5, 5.41) is 12.4. The lowest BCUT2D eigenvalue weighted by Crippen LogP contribution is -2.13. The monoisotopic (exact) mass is 238 g/mol. The van der Waals surface area contributed by atoms with Crippen LogP contribution in [0.3, 0.4) is 0 Å². The van der Waals surface area contributed by atoms with Crippen molar-refractivity contribution < 1.29 is 4.39 Å². The molecule has 4 heteroatoms. The van der Waals surface area contributed by atoms with Gasteiger partial charge in [-0.2, -0.15) is 5.26 Å². The smallest absolute Gasteiger partial charge is 0.128 e. The molecule has 0 aliphatic heterocycles. The average molecular weight is 239 g/mol. The van der Waals surface area contributed by atoms with Crippen LogP contribution >= 0.6 is 11.6 Å². The number of halogens is 2. The van der Waals surface area contributed by atoms with Gasteiger partial charge in [0.1, 0.15) is 5.82 Å². The maximum atomic E-state index is 13.3. The molecule has 0 saturated heterocycles. The van der Waals surface area contributed by atoms with E-state index in [1.165, 1.54) is 6.07 Å². The zero-order valence-electron chi connectivity index (χ0n) is 8.98. The molecule has 1 aliphatic carbocycles. The lowest BCUT2D eigenvalue weighted by Gasteiger charge is -2.12. The van der Waals surface area contributed by atoms with E-state index in [1.807, 2.05) is 0 Å². The van der Waals surface area contributed by atoms with Crippen LogP contribution in [0.4, 0.5) is 10.1 Å². The highest BCUT2D eigenvalue weighted by Crippen LogP contribution is 2.45. The minimum Gasteiger partial charge on any atom is -0.382 e. The molecular weight excluding hydrogens is 227 g/mol. The van der Waals surface area contributed by atoms with Crippen molar-refractivity contribution in [3.05, 3.63) is 28.5 Å². The molecule has 1 aliphatic rings. The Bertz CT molecular complexity index is 461. The highest BCUT2D eigenvalue weighted by Gasteiger charge is 2.42. The lowest BCUT2D eigenvalue weighted by molar-refractivity contribution is 0.618. The number of aryl methyl sites for hydroxylation is 1. The van der Waals surface area contributed by atoms with Gasteiger partial charge in [0, 0.05) is 6.54 Å². The van der Waals surface area contributed by atoms with Gasteiger partial charge in [-0.15, -0.1) is 0 Å². The van der Waals surface area contributed by atoms with Gasteiger partial charge in [-0.25, -0.2) is 4.39 Å². The number of nitrogens with zero attached hydrogens (tertiary/aromatic N) is 1. The van der Waals surface area contributed by atoms with Gasteiger partial charge in [0.2, 0.25) is 0 Å². The van der Waals surface area contributed by atoms with Crippen molar-refractivity contribution in [1.82, 2.24) is 0 Å². The van der Waals surface area contributed by atoms with E-state index in [2.05, 4.69) is 11.4 Å². The first-order chi connectivity index (χ1) is 7.56. The summed E-state index contributed by atoms with van der Waals surface area (Å²) in [6.07, 6.45) is 1.81. The molecular formula is C12H12ClFN2. The summed E-state index contributed by atoms with van der Waals surface area (Å²) < 4.78 is 13.3. The number of hydrogen-bond donors (Lipinski definition) is 1. The lowest BCUT2D eigenvalue weighted by atomic mass is 10.1. The van der Waals surface area contributed by atoms with E-state index in [0.717, 1.165) is 12.8 Å². The summed E-state index contributed by atoms with van der Waals surface area (Å²) in [5.41, 5.74) is 0.827. The quantitative estimate of drug-likeness (QED) is 0.875. The predicted molar refractivity (Wildman–Crippen MR) is 61.9 cm³/mol. The zero-order chi connectivity index (χ0) is 11.8. The second-order valence-corrected chi connectivity index (χ2v) is 4.73. The van der Waals surface area contributed by atoms with Crippen molar-refractivity contribution in [2.75, 3.05) is 11.9 Å². The van der Waals surface area contributed by atoms with Crippen LogP contribution in [0.25, 0.3) is 0 Å². The van der Waals surface area contributed by atoms with Gasteiger partial charge in [-0.05, 0) is 37.5 Å². The molecule has 0 aromatic heterocycles. The normalized spacial score (nSPS) is 16.6. The van der Waals surface area contributed by atoms with Crippen LogP contribution in [0, 0.1) is 29.5 Å². The molecule has 2 nitrogen and oxygen atoms in total. The van der Waals surface area contributed by atoms with Crippen LogP contribution in [0.1, 0.15) is 18.4 Å². The van der Waals surface area contributed by atoms with E-state index in [1.54, 1.807) is 13.0 Å². The Morgan fingerprint density at radius 2 is 2.25 bits per heavy atom. The Balaban J connectivity index is 2.10. The maximum absolute atomic E-state index is 13.3. The third-order valence-corrected chi connectivity index (χ3v) is 3.27. The van der Waals surface area contributed by atoms with Crippen LogP contribution in [0.2, 0.25) is 5.02 Å². The van der Waals surface area contributed by atoms with Crippen LogP contribution in [-0.4, -0.2) is 6.54 Å². The SMILES string of the molecule is Cc1cc(Cl)c(NCC2(C#N)CC2)cc1F. The Hall–Kier alpha value is -1.27. The van der Waals surface area contributed by atoms with Crippen LogP contribution in [0.15, 0.2) is 12.1 Å². The van der Waals surface area contributed by atoms with Crippen LogP contribution in [0.5, 0.6) is 0 Å². The van der Waals surface area contributed by atoms with E-state index < -0.39 is 0 Å². The Labute approximate surface area is 99.0 Å². The Morgan fingerprint density at radius 3 is 2.81 bits per heavy atom. The van der Waals surface area contributed by atoms with Gasteiger partial charge in [-0.3, -0.25) is 0 Å². The van der Waals surface area contributed by atoms with Gasteiger partial charge in [0.05, 0.1) is 22.2 Å². The van der Waals surface area contributed by atoms with E-state index in [4.69, 9.17) is 16.9 Å². The topological polar surface area (TPSA) is 35.8 Å². The average Bonchev–Trinajstić information content (AvgIpc) is 3.02. The Kier molecular flexibility index (Phi) is 2.77. The number of hydrogen-bond acceptors (Lipinski definition) is 2. The molecule has 84 valence electrons. The fourth-order valence-corrected chi connectivity index (χ4v) is 1.81. The largest absolute Gasteiger partial charge is 0.382 e. The summed E-state index contributed by atoms with van der Waals surface area (Å²) in [6.45, 7) is 2.20. The maximum Gasteiger partial charge on any atom is 0.128 e. The molecule has 1 aromatic carbocycles. The van der Waals surface area contributed by atoms with Crippen molar-refractivity contribution in [1.29, 1.82) is 5.26 Å². The first kappa shape index (κ1) is 11.2. The van der Waals surface area contributed by atoms with Crippen molar-refractivity contribution >= 4 is 17.3 Å². The molecule has 0 spiro atoms. The van der Waals surface area contributed by atoms with Crippen LogP contribution in [-0.2, 0) is 0 Å². The second kappa shape index (κ2) is 3.95. The first-order valence-electron chi connectivity index (χ1n) is 5.17. The third kappa shape index (κ3) is 2.12. The van der Waals surface area contributed by atoms with Crippen LogP contribution < -0.4 is 5.32 Å². The fraction of sp³-hybridized carbons (Fsp3) is 0.417. The van der Waals surface area contributed by atoms with Gasteiger partial charge in [-0.1, -0.05) is 11.6 Å². The molecule has 1 saturated carbocycles. The molecule has 0 amide bonds. The summed E-state index contributed by atoms with van der Waals surface area (Å²) in [6, 6.07) is 5.24. The molecule has 1 aromatic rings. The molecule has 0 atom stereocenters. The molecule has 0 unspecified atom stereocenters. The molecule has 0 radical (unpaired) electrons. The van der Waals surface area contributed by atoms with E-state index >= 15 is 0 Å². The van der Waals surface area contributed by atoms with Gasteiger partial charge in [0.25, 0.3) is 0 Å². The fourth-order valence-electron chi connectivity index (χ4n) is 1.53. The van der Waals surface area contributed by atoms with E-state index in [9.17, 15) is 4.39 Å². The van der Waals surface area contributed by atoms with E-state index in [0.29, 0.717) is 22.8 Å². The highest BCUT2D eigenvalue weighted by molar-refractivity contribution is 6.33. The van der Waals surface area contributed by atoms with Gasteiger partial charge < -0.3 is 5.32 Å². The van der Waals surface area contributed by atoms with Crippen molar-refractivity contribution in [2.24, 2.45) is 5.41 Å². The van der Waals surface area contributed by atoms with Gasteiger partial charge in [0.15, 0.2) is 0 Å². The van der Waals surface area contributed by atoms with Crippen molar-refractivity contribution in [2.45, 2.75) is 19.8 Å². The molecule has 0 bridgehead atoms. The standard InChI is InChI=1S/C12H12ClFN2/c1-8-4-9(13)11(5-10(8)14)16-7-12(6-15)2-3-12/h4-5,16H,2-3,7H2,1H3. The summed E-state index contributed by atoms with van der Waals surface area (Å²) in [7, 11) is 0. The minimum absolute atomic E-state index is 0.259. The first-order valence-corrected chi connectivity index (χ1v) is 5.55. The summed E-state index contributed by atoms with van der Waals surface area (Å²) in [5.74, 6) is -0.284. The highest BCUT2D eigenvalue weighted by atomic mass is 35.5. The molecule has 16 heavy (non-hydrogen) atoms. The summed E-state index contributed by atoms with van der Waals surface area (Å²) >= 11 is 5.98. The number of nitrogens with one attached hydrogen (secondary N) is 1. The second-order valence-electron chi connectivity index (χ2n) is 4.33. The van der Waals surface area contributed by atoms with Crippen molar-refractivity contribution in [3.63, 3.8) is 0 Å². The predicted octanol–water partition coefficient (Wildman–Crippen LogP) is 3.50. The number of anilines is 1. The number of nitriles is 1. The Morgan fingerprint density at radius 1 is 1.56 bits per heavy atom. The van der Waals surface area contributed by atoms with E-state index in [-0.39, 0.29) is 11.2 Å². The number of benzene rings is 1. The number of rotatable bonds is 3. The third-order valence-electron chi connectivity index (χ3n) is 2.96.